The number of ether oxygens (including phenoxy) is 1. The summed E-state index contributed by atoms with van der Waals surface area (Å²) in [6.45, 7) is 4.40. The van der Waals surface area contributed by atoms with E-state index in [2.05, 4.69) is 4.90 Å². The molecule has 0 bridgehead atoms. The van der Waals surface area contributed by atoms with Crippen LogP contribution in [-0.4, -0.2) is 48.1 Å². The molecule has 1 aromatic rings. The Bertz CT molecular complexity index is 443. The summed E-state index contributed by atoms with van der Waals surface area (Å²) in [5.74, 6) is 0. The van der Waals surface area contributed by atoms with E-state index in [0.29, 0.717) is 12.6 Å². The van der Waals surface area contributed by atoms with Crippen LogP contribution in [0.5, 0.6) is 0 Å². The highest BCUT2D eigenvalue weighted by atomic mass is 16.6. The van der Waals surface area contributed by atoms with Crippen LogP contribution in [0.4, 0.5) is 4.79 Å². The lowest BCUT2D eigenvalue weighted by molar-refractivity contribution is 0.101. The minimum atomic E-state index is -0.171. The van der Waals surface area contributed by atoms with Gasteiger partial charge in [-0.05, 0) is 37.9 Å². The fourth-order valence-corrected chi connectivity index (χ4v) is 3.12. The van der Waals surface area contributed by atoms with Crippen molar-refractivity contribution >= 4 is 6.09 Å². The Morgan fingerprint density at radius 2 is 1.90 bits per heavy atom. The van der Waals surface area contributed by atoms with Crippen LogP contribution in [-0.2, 0) is 11.3 Å². The molecule has 0 saturated carbocycles. The van der Waals surface area contributed by atoms with E-state index in [9.17, 15) is 4.79 Å². The number of hydrogen-bond donors (Lipinski definition) is 0. The summed E-state index contributed by atoms with van der Waals surface area (Å²) >= 11 is 0. The van der Waals surface area contributed by atoms with Gasteiger partial charge in [0.15, 0.2) is 0 Å². The molecule has 0 aromatic heterocycles. The quantitative estimate of drug-likeness (QED) is 0.849. The molecular formula is C16H22N2O2. The van der Waals surface area contributed by atoms with Crippen LogP contribution in [0.25, 0.3) is 0 Å². The van der Waals surface area contributed by atoms with E-state index < -0.39 is 0 Å². The van der Waals surface area contributed by atoms with Crippen LogP contribution >= 0.6 is 0 Å². The molecule has 4 nitrogen and oxygen atoms in total. The Labute approximate surface area is 120 Å². The molecule has 0 unspecified atom stereocenters. The Morgan fingerprint density at radius 1 is 1.15 bits per heavy atom. The van der Waals surface area contributed by atoms with Crippen LogP contribution in [0.1, 0.15) is 24.8 Å². The molecule has 0 radical (unpaired) electrons. The number of amides is 1. The molecule has 1 aromatic carbocycles. The number of nitrogens with zero attached hydrogens (tertiary/aromatic N) is 2. The van der Waals surface area contributed by atoms with Gasteiger partial charge in [0.25, 0.3) is 0 Å². The van der Waals surface area contributed by atoms with Gasteiger partial charge in [-0.1, -0.05) is 30.3 Å². The first-order valence-electron chi connectivity index (χ1n) is 7.52. The van der Waals surface area contributed by atoms with Gasteiger partial charge < -0.3 is 9.64 Å². The first-order valence-corrected chi connectivity index (χ1v) is 7.52. The number of hydrogen-bond acceptors (Lipinski definition) is 3. The molecule has 2 aliphatic rings. The lowest BCUT2D eigenvalue weighted by Crippen LogP contribution is -2.37. The normalized spacial score (nSPS) is 23.2. The molecule has 1 amide bonds. The third-order valence-corrected chi connectivity index (χ3v) is 4.28. The van der Waals surface area contributed by atoms with E-state index in [1.165, 1.54) is 25.9 Å². The van der Waals surface area contributed by atoms with Crippen LogP contribution < -0.4 is 0 Å². The summed E-state index contributed by atoms with van der Waals surface area (Å²) < 4.78 is 5.39. The van der Waals surface area contributed by atoms with Crippen LogP contribution in [0.3, 0.4) is 0 Å². The number of likely N-dealkylation sites (tertiary alicyclic amines) is 2. The molecule has 2 saturated heterocycles. The van der Waals surface area contributed by atoms with Crippen molar-refractivity contribution in [2.75, 3.05) is 26.2 Å². The molecule has 4 heteroatoms. The van der Waals surface area contributed by atoms with Crippen LogP contribution in [0.2, 0.25) is 0 Å². The molecule has 20 heavy (non-hydrogen) atoms. The fraction of sp³-hybridized carbons (Fsp3) is 0.562. The average molecular weight is 274 g/mol. The fourth-order valence-electron chi connectivity index (χ4n) is 3.12. The zero-order chi connectivity index (χ0) is 13.8. The molecule has 2 heterocycles. The van der Waals surface area contributed by atoms with E-state index in [0.717, 1.165) is 25.1 Å². The molecule has 3 rings (SSSR count). The Kier molecular flexibility index (Phi) is 4.21. The molecule has 0 spiro atoms. The molecule has 0 aliphatic carbocycles. The van der Waals surface area contributed by atoms with Gasteiger partial charge in [0.1, 0.15) is 6.61 Å². The second kappa shape index (κ2) is 6.27. The summed E-state index contributed by atoms with van der Waals surface area (Å²) in [6, 6.07) is 10.4. The summed E-state index contributed by atoms with van der Waals surface area (Å²) in [4.78, 5) is 16.4. The highest BCUT2D eigenvalue weighted by molar-refractivity contribution is 5.68. The minimum absolute atomic E-state index is 0.171. The third kappa shape index (κ3) is 3.12. The molecule has 1 atom stereocenters. The first-order chi connectivity index (χ1) is 9.83. The van der Waals surface area contributed by atoms with Crippen LogP contribution in [0, 0.1) is 0 Å². The SMILES string of the molecule is O=C(OCc1ccccc1)N1CC[C@H](N2CCCC2)C1. The predicted octanol–water partition coefficient (Wildman–Crippen LogP) is 2.49. The lowest BCUT2D eigenvalue weighted by atomic mass is 10.2. The zero-order valence-electron chi connectivity index (χ0n) is 11.8. The highest BCUT2D eigenvalue weighted by Gasteiger charge is 2.32. The Balaban J connectivity index is 1.46. The molecule has 2 aliphatic heterocycles. The van der Waals surface area contributed by atoms with Gasteiger partial charge in [0.2, 0.25) is 0 Å². The van der Waals surface area contributed by atoms with E-state index in [-0.39, 0.29) is 6.09 Å². The number of carbonyl (C=O) groups is 1. The third-order valence-electron chi connectivity index (χ3n) is 4.28. The summed E-state index contributed by atoms with van der Waals surface area (Å²) in [5.41, 5.74) is 1.04. The maximum absolute atomic E-state index is 12.1. The van der Waals surface area contributed by atoms with E-state index in [1.807, 2.05) is 35.2 Å². The zero-order valence-corrected chi connectivity index (χ0v) is 11.8. The van der Waals surface area contributed by atoms with Crippen molar-refractivity contribution in [3.05, 3.63) is 35.9 Å². The monoisotopic (exact) mass is 274 g/mol. The second-order valence-electron chi connectivity index (χ2n) is 5.67. The van der Waals surface area contributed by atoms with Crippen LogP contribution in [0.15, 0.2) is 30.3 Å². The summed E-state index contributed by atoms with van der Waals surface area (Å²) in [7, 11) is 0. The molecule has 108 valence electrons. The van der Waals surface area contributed by atoms with Crippen molar-refractivity contribution in [2.24, 2.45) is 0 Å². The van der Waals surface area contributed by atoms with Crippen molar-refractivity contribution in [3.8, 4) is 0 Å². The van der Waals surface area contributed by atoms with Crippen molar-refractivity contribution in [1.29, 1.82) is 0 Å². The van der Waals surface area contributed by atoms with Crippen molar-refractivity contribution in [1.82, 2.24) is 9.80 Å². The van der Waals surface area contributed by atoms with E-state index >= 15 is 0 Å². The van der Waals surface area contributed by atoms with Gasteiger partial charge in [-0.15, -0.1) is 0 Å². The Hall–Kier alpha value is -1.55. The number of benzene rings is 1. The minimum Gasteiger partial charge on any atom is -0.445 e. The Morgan fingerprint density at radius 3 is 2.65 bits per heavy atom. The largest absolute Gasteiger partial charge is 0.445 e. The lowest BCUT2D eigenvalue weighted by Gasteiger charge is -2.23. The van der Waals surface area contributed by atoms with Crippen molar-refractivity contribution in [3.63, 3.8) is 0 Å². The van der Waals surface area contributed by atoms with Gasteiger partial charge in [0.05, 0.1) is 0 Å². The average Bonchev–Trinajstić information content (AvgIpc) is 3.16. The number of rotatable bonds is 3. The first kappa shape index (κ1) is 13.4. The smallest absolute Gasteiger partial charge is 0.410 e. The van der Waals surface area contributed by atoms with E-state index in [4.69, 9.17) is 4.74 Å². The summed E-state index contributed by atoms with van der Waals surface area (Å²) in [6.07, 6.45) is 3.51. The van der Waals surface area contributed by atoms with Crippen molar-refractivity contribution < 1.29 is 9.53 Å². The standard InChI is InChI=1S/C16H22N2O2/c19-16(20-13-14-6-2-1-3-7-14)18-11-8-15(12-18)17-9-4-5-10-17/h1-3,6-7,15H,4-5,8-13H2/t15-/m0/s1. The van der Waals surface area contributed by atoms with Crippen molar-refractivity contribution in [2.45, 2.75) is 31.9 Å². The second-order valence-corrected chi connectivity index (χ2v) is 5.67. The topological polar surface area (TPSA) is 32.8 Å². The molecular weight excluding hydrogens is 252 g/mol. The van der Waals surface area contributed by atoms with E-state index in [1.54, 1.807) is 0 Å². The van der Waals surface area contributed by atoms with Gasteiger partial charge in [0, 0.05) is 19.1 Å². The summed E-state index contributed by atoms with van der Waals surface area (Å²) in [5, 5.41) is 0. The molecule has 2 fully saturated rings. The van der Waals surface area contributed by atoms with Gasteiger partial charge in [-0.2, -0.15) is 0 Å². The van der Waals surface area contributed by atoms with Gasteiger partial charge >= 0.3 is 6.09 Å². The maximum Gasteiger partial charge on any atom is 0.410 e. The predicted molar refractivity (Wildman–Crippen MR) is 77.4 cm³/mol. The van der Waals surface area contributed by atoms with Gasteiger partial charge in [-0.3, -0.25) is 4.90 Å². The number of carbonyl (C=O) groups excluding carboxylic acids is 1. The molecule has 0 N–H and O–H groups in total. The maximum atomic E-state index is 12.1. The van der Waals surface area contributed by atoms with Gasteiger partial charge in [-0.25, -0.2) is 4.79 Å². The highest BCUT2D eigenvalue weighted by Crippen LogP contribution is 2.21.